The van der Waals surface area contributed by atoms with Gasteiger partial charge in [0.15, 0.2) is 5.78 Å². The van der Waals surface area contributed by atoms with Gasteiger partial charge in [-0.1, -0.05) is 0 Å². The molecule has 0 atom stereocenters. The zero-order chi connectivity index (χ0) is 13.2. The average molecular weight is 261 g/mol. The van der Waals surface area contributed by atoms with E-state index in [4.69, 9.17) is 0 Å². The molecule has 2 aliphatic heterocycles. The van der Waals surface area contributed by atoms with Gasteiger partial charge in [-0.15, -0.1) is 0 Å². The van der Waals surface area contributed by atoms with Crippen LogP contribution < -0.4 is 15.1 Å². The van der Waals surface area contributed by atoms with Crippen molar-refractivity contribution in [3.05, 3.63) is 11.8 Å². The van der Waals surface area contributed by atoms with E-state index in [0.717, 1.165) is 51.0 Å². The van der Waals surface area contributed by atoms with Crippen LogP contribution in [-0.2, 0) is 0 Å². The lowest BCUT2D eigenvalue weighted by atomic mass is 10.1. The Bertz CT molecular complexity index is 484. The maximum Gasteiger partial charge on any atom is 0.227 e. The van der Waals surface area contributed by atoms with E-state index in [1.54, 1.807) is 6.20 Å². The third kappa shape index (κ3) is 2.28. The molecule has 1 fully saturated rings. The van der Waals surface area contributed by atoms with Crippen LogP contribution in [0.25, 0.3) is 0 Å². The summed E-state index contributed by atoms with van der Waals surface area (Å²) >= 11 is 0. The number of aromatic nitrogens is 2. The van der Waals surface area contributed by atoms with Crippen molar-refractivity contribution in [3.8, 4) is 0 Å². The molecule has 0 aliphatic carbocycles. The molecule has 0 radical (unpaired) electrons. The zero-order valence-electron chi connectivity index (χ0n) is 11.2. The molecule has 1 aromatic heterocycles. The smallest absolute Gasteiger partial charge is 0.227 e. The molecule has 6 nitrogen and oxygen atoms in total. The summed E-state index contributed by atoms with van der Waals surface area (Å²) in [4.78, 5) is 25.2. The predicted molar refractivity (Wildman–Crippen MR) is 73.9 cm³/mol. The second-order valence-corrected chi connectivity index (χ2v) is 4.90. The van der Waals surface area contributed by atoms with Crippen LogP contribution in [0.3, 0.4) is 0 Å². The largest absolute Gasteiger partial charge is 0.356 e. The topological polar surface area (TPSA) is 61.4 Å². The Kier molecular flexibility index (Phi) is 3.33. The summed E-state index contributed by atoms with van der Waals surface area (Å²) in [6.45, 7) is 7.47. The summed E-state index contributed by atoms with van der Waals surface area (Å²) in [5, 5.41) is 3.31. The minimum absolute atomic E-state index is 0.159. The van der Waals surface area contributed by atoms with E-state index >= 15 is 0 Å². The first kappa shape index (κ1) is 12.3. The van der Waals surface area contributed by atoms with Crippen molar-refractivity contribution in [2.24, 2.45) is 0 Å². The fraction of sp³-hybridized carbons (Fsp3) is 0.615. The monoisotopic (exact) mass is 261 g/mol. The van der Waals surface area contributed by atoms with Gasteiger partial charge in [-0.3, -0.25) is 4.79 Å². The van der Waals surface area contributed by atoms with Crippen LogP contribution in [0.1, 0.15) is 23.7 Å². The maximum atomic E-state index is 11.9. The summed E-state index contributed by atoms with van der Waals surface area (Å²) < 4.78 is 0. The highest BCUT2D eigenvalue weighted by Crippen LogP contribution is 2.26. The van der Waals surface area contributed by atoms with Gasteiger partial charge >= 0.3 is 0 Å². The number of carbonyl (C=O) groups excluding carboxylic acids is 1. The summed E-state index contributed by atoms with van der Waals surface area (Å²) in [6, 6.07) is 0. The first-order chi connectivity index (χ1) is 9.29. The predicted octanol–water partition coefficient (Wildman–Crippen LogP) is 0.299. The molecule has 0 aromatic carbocycles. The number of nitrogens with zero attached hydrogens (tertiary/aromatic N) is 4. The minimum Gasteiger partial charge on any atom is -0.356 e. The van der Waals surface area contributed by atoms with E-state index in [-0.39, 0.29) is 5.78 Å². The van der Waals surface area contributed by atoms with Crippen molar-refractivity contribution >= 4 is 17.5 Å². The van der Waals surface area contributed by atoms with Gasteiger partial charge in [-0.05, 0) is 6.92 Å². The molecule has 102 valence electrons. The highest BCUT2D eigenvalue weighted by Gasteiger charge is 2.25. The quantitative estimate of drug-likeness (QED) is 0.826. The number of piperazine rings is 1. The van der Waals surface area contributed by atoms with E-state index in [9.17, 15) is 4.79 Å². The molecule has 19 heavy (non-hydrogen) atoms. The molecule has 0 bridgehead atoms. The average Bonchev–Trinajstić information content (AvgIpc) is 2.48. The van der Waals surface area contributed by atoms with Crippen molar-refractivity contribution in [1.82, 2.24) is 15.3 Å². The van der Waals surface area contributed by atoms with Crippen LogP contribution in [-0.4, -0.2) is 55.0 Å². The Labute approximate surface area is 112 Å². The molecule has 0 saturated carbocycles. The van der Waals surface area contributed by atoms with Crippen molar-refractivity contribution in [1.29, 1.82) is 0 Å². The number of anilines is 2. The number of hydrogen-bond donors (Lipinski definition) is 1. The van der Waals surface area contributed by atoms with Gasteiger partial charge in [0.1, 0.15) is 5.82 Å². The third-order valence-electron chi connectivity index (χ3n) is 3.75. The normalized spacial score (nSPS) is 19.5. The van der Waals surface area contributed by atoms with Gasteiger partial charge < -0.3 is 15.1 Å². The van der Waals surface area contributed by atoms with E-state index in [1.165, 1.54) is 0 Å². The molecule has 0 unspecified atom stereocenters. The molecule has 2 aliphatic rings. The number of nitrogens with one attached hydrogen (secondary N) is 1. The summed E-state index contributed by atoms with van der Waals surface area (Å²) in [5.41, 5.74) is 0.673. The SMILES string of the molecule is CCN1CCC(=O)c2cnc(N3CCNCC3)nc21. The van der Waals surface area contributed by atoms with Crippen molar-refractivity contribution in [3.63, 3.8) is 0 Å². The molecule has 1 aromatic rings. The lowest BCUT2D eigenvalue weighted by Gasteiger charge is -2.31. The first-order valence-electron chi connectivity index (χ1n) is 6.90. The Balaban J connectivity index is 1.94. The van der Waals surface area contributed by atoms with Gasteiger partial charge in [0.25, 0.3) is 0 Å². The highest BCUT2D eigenvalue weighted by molar-refractivity contribution is 6.02. The molecule has 6 heteroatoms. The molecule has 3 rings (SSSR count). The molecule has 0 amide bonds. The van der Waals surface area contributed by atoms with Crippen LogP contribution in [0, 0.1) is 0 Å². The van der Waals surface area contributed by atoms with Crippen molar-refractivity contribution in [2.45, 2.75) is 13.3 Å². The molecule has 0 spiro atoms. The molecular formula is C13H19N5O. The van der Waals surface area contributed by atoms with Gasteiger partial charge in [-0.25, -0.2) is 4.98 Å². The third-order valence-corrected chi connectivity index (χ3v) is 3.75. The van der Waals surface area contributed by atoms with Crippen molar-refractivity contribution in [2.75, 3.05) is 49.1 Å². The highest BCUT2D eigenvalue weighted by atomic mass is 16.1. The molecule has 1 N–H and O–H groups in total. The zero-order valence-corrected chi connectivity index (χ0v) is 11.2. The fourth-order valence-electron chi connectivity index (χ4n) is 2.60. The summed E-state index contributed by atoms with van der Waals surface area (Å²) in [7, 11) is 0. The standard InChI is InChI=1S/C13H19N5O/c1-2-17-6-3-11(19)10-9-15-13(16-12(10)17)18-7-4-14-5-8-18/h9,14H,2-8H2,1H3. The van der Waals surface area contributed by atoms with Gasteiger partial charge in [0.05, 0.1) is 5.56 Å². The number of hydrogen-bond acceptors (Lipinski definition) is 6. The van der Waals surface area contributed by atoms with E-state index < -0.39 is 0 Å². The van der Waals surface area contributed by atoms with Crippen LogP contribution in [0.4, 0.5) is 11.8 Å². The van der Waals surface area contributed by atoms with E-state index in [2.05, 4.69) is 32.0 Å². The van der Waals surface area contributed by atoms with Gasteiger partial charge in [-0.2, -0.15) is 4.98 Å². The number of carbonyl (C=O) groups is 1. The second-order valence-electron chi connectivity index (χ2n) is 4.90. The first-order valence-corrected chi connectivity index (χ1v) is 6.90. The number of rotatable bonds is 2. The Morgan fingerprint density at radius 2 is 2.11 bits per heavy atom. The van der Waals surface area contributed by atoms with E-state index in [1.807, 2.05) is 0 Å². The van der Waals surface area contributed by atoms with Crippen molar-refractivity contribution < 1.29 is 4.79 Å². The second kappa shape index (κ2) is 5.13. The summed E-state index contributed by atoms with van der Waals surface area (Å²) in [5.74, 6) is 1.71. The molecular weight excluding hydrogens is 242 g/mol. The number of fused-ring (bicyclic) bond motifs is 1. The molecule has 3 heterocycles. The van der Waals surface area contributed by atoms with Crippen LogP contribution in [0.5, 0.6) is 0 Å². The Morgan fingerprint density at radius 1 is 1.32 bits per heavy atom. The lowest BCUT2D eigenvalue weighted by molar-refractivity contribution is 0.0979. The lowest BCUT2D eigenvalue weighted by Crippen LogP contribution is -2.44. The number of ketones is 1. The Morgan fingerprint density at radius 3 is 2.84 bits per heavy atom. The maximum absolute atomic E-state index is 11.9. The minimum atomic E-state index is 0.159. The van der Waals surface area contributed by atoms with Crippen LogP contribution >= 0.6 is 0 Å². The molecule has 1 saturated heterocycles. The van der Waals surface area contributed by atoms with Crippen LogP contribution in [0.15, 0.2) is 6.20 Å². The van der Waals surface area contributed by atoms with Crippen LogP contribution in [0.2, 0.25) is 0 Å². The Hall–Kier alpha value is -1.69. The van der Waals surface area contributed by atoms with Gasteiger partial charge in [0.2, 0.25) is 5.95 Å². The van der Waals surface area contributed by atoms with Gasteiger partial charge in [0, 0.05) is 51.9 Å². The van der Waals surface area contributed by atoms with E-state index in [0.29, 0.717) is 12.0 Å². The fourth-order valence-corrected chi connectivity index (χ4v) is 2.60. The number of Topliss-reactive ketones (excluding diaryl/α,β-unsaturated/α-hetero) is 1. The summed E-state index contributed by atoms with van der Waals surface area (Å²) in [6.07, 6.45) is 2.26.